The molecule has 73 heavy (non-hydrogen) atoms. The van der Waals surface area contributed by atoms with Crippen LogP contribution in [0.3, 0.4) is 0 Å². The van der Waals surface area contributed by atoms with Crippen molar-refractivity contribution in [1.82, 2.24) is 0 Å². The molecule has 0 aromatic heterocycles. The second-order valence-electron chi connectivity index (χ2n) is 20.8. The number of hydrogen-bond acceptors (Lipinski definition) is 5. The van der Waals surface area contributed by atoms with E-state index < -0.39 is 6.10 Å². The summed E-state index contributed by atoms with van der Waals surface area (Å²) in [4.78, 5) is 24.6. The van der Waals surface area contributed by atoms with Gasteiger partial charge in [-0.3, -0.25) is 9.59 Å². The van der Waals surface area contributed by atoms with E-state index in [4.69, 9.17) is 9.47 Å². The first-order valence-electron chi connectivity index (χ1n) is 31.3. The molecule has 0 saturated heterocycles. The van der Waals surface area contributed by atoms with Gasteiger partial charge in [-0.05, 0) is 77.0 Å². The van der Waals surface area contributed by atoms with Crippen LogP contribution in [-0.2, 0) is 19.1 Å². The summed E-state index contributed by atoms with van der Waals surface area (Å²) < 4.78 is 10.7. The largest absolute Gasteiger partial charge is 0.462 e. The molecule has 420 valence electrons. The third-order valence-corrected chi connectivity index (χ3v) is 13.6. The Hall–Kier alpha value is -3.18. The highest BCUT2D eigenvalue weighted by atomic mass is 16.6. The average molecular weight is 1020 g/mol. The monoisotopic (exact) mass is 1010 g/mol. The zero-order chi connectivity index (χ0) is 52.7. The minimum Gasteiger partial charge on any atom is -0.462 e. The van der Waals surface area contributed by atoms with Crippen molar-refractivity contribution in [2.24, 2.45) is 0 Å². The first-order chi connectivity index (χ1) is 36.1. The van der Waals surface area contributed by atoms with Crippen molar-refractivity contribution in [2.75, 3.05) is 13.2 Å². The van der Waals surface area contributed by atoms with E-state index in [1.807, 2.05) is 0 Å². The number of aliphatic hydroxyl groups excluding tert-OH is 1. The summed E-state index contributed by atoms with van der Waals surface area (Å²) >= 11 is 0. The zero-order valence-corrected chi connectivity index (χ0v) is 48.1. The fourth-order valence-electron chi connectivity index (χ4n) is 8.99. The second kappa shape index (κ2) is 63.1. The summed E-state index contributed by atoms with van der Waals surface area (Å²) in [6.07, 6.45) is 89.7. The van der Waals surface area contributed by atoms with Gasteiger partial charge in [0.1, 0.15) is 6.61 Å². The molecule has 0 fully saturated rings. The van der Waals surface area contributed by atoms with Gasteiger partial charge in [-0.25, -0.2) is 0 Å². The van der Waals surface area contributed by atoms with Crippen LogP contribution in [0.5, 0.6) is 0 Å². The number of carbonyl (C=O) groups is 2. The fourth-order valence-corrected chi connectivity index (χ4v) is 8.99. The number of ether oxygens (including phenoxy) is 2. The molecular weight excluding hydrogens is 897 g/mol. The van der Waals surface area contributed by atoms with Gasteiger partial charge in [-0.15, -0.1) is 0 Å². The number of rotatable bonds is 57. The van der Waals surface area contributed by atoms with Gasteiger partial charge < -0.3 is 14.6 Å². The van der Waals surface area contributed by atoms with Crippen LogP contribution in [0.15, 0.2) is 97.2 Å². The maximum Gasteiger partial charge on any atom is 0.306 e. The number of esters is 2. The average Bonchev–Trinajstić information content (AvgIpc) is 3.39. The molecule has 0 bridgehead atoms. The summed E-state index contributed by atoms with van der Waals surface area (Å²) in [6.45, 7) is 4.05. The molecule has 5 nitrogen and oxygen atoms in total. The van der Waals surface area contributed by atoms with E-state index in [1.54, 1.807) is 0 Å². The van der Waals surface area contributed by atoms with Gasteiger partial charge in [0.15, 0.2) is 6.10 Å². The lowest BCUT2D eigenvalue weighted by Gasteiger charge is -2.15. The van der Waals surface area contributed by atoms with Gasteiger partial charge in [-0.1, -0.05) is 310 Å². The van der Waals surface area contributed by atoms with Crippen LogP contribution in [0.2, 0.25) is 0 Å². The van der Waals surface area contributed by atoms with Gasteiger partial charge in [0.2, 0.25) is 0 Å². The molecule has 0 amide bonds. The van der Waals surface area contributed by atoms with E-state index in [1.165, 1.54) is 180 Å². The van der Waals surface area contributed by atoms with Gasteiger partial charge in [0.05, 0.1) is 6.61 Å². The molecule has 1 atom stereocenters. The molecule has 0 rings (SSSR count). The summed E-state index contributed by atoms with van der Waals surface area (Å²) in [6, 6.07) is 0. The van der Waals surface area contributed by atoms with Gasteiger partial charge in [0, 0.05) is 12.8 Å². The van der Waals surface area contributed by atoms with E-state index in [2.05, 4.69) is 111 Å². The van der Waals surface area contributed by atoms with Crippen molar-refractivity contribution in [3.05, 3.63) is 97.2 Å². The van der Waals surface area contributed by atoms with Crippen molar-refractivity contribution in [3.8, 4) is 0 Å². The molecule has 5 heteroatoms. The van der Waals surface area contributed by atoms with Gasteiger partial charge >= 0.3 is 11.9 Å². The topological polar surface area (TPSA) is 72.8 Å². The van der Waals surface area contributed by atoms with E-state index in [-0.39, 0.29) is 25.2 Å². The fraction of sp³-hybridized carbons (Fsp3) is 0.735. The maximum absolute atomic E-state index is 12.3. The molecule has 0 aliphatic heterocycles. The third-order valence-electron chi connectivity index (χ3n) is 13.6. The molecule has 0 radical (unpaired) electrons. The Balaban J connectivity index is 3.52. The maximum atomic E-state index is 12.3. The second-order valence-corrected chi connectivity index (χ2v) is 20.8. The Kier molecular flexibility index (Phi) is 60.4. The smallest absolute Gasteiger partial charge is 0.306 e. The standard InChI is InChI=1S/C68H118O5/c1-3-5-7-9-11-13-15-17-19-21-23-25-27-29-31-32-33-34-35-36-37-39-41-43-45-47-49-51-53-55-57-59-61-63-68(71)73-66(64-69)65-72-67(70)62-60-58-56-54-52-50-48-46-44-42-40-38-30-28-26-24-22-20-18-16-14-12-10-8-6-4-2/h5,7,11,13,17,19,23,25,29,31,33-34,36-37,41,43,66,69H,3-4,6,8-10,12,14-16,18,20-22,24,26-28,30,32,35,38-40,42,44-65H2,1-2H3/b7-5-,13-11-,19-17-,25-23-,31-29-,34-33-,37-36-,43-41-. The third kappa shape index (κ3) is 61.3. The van der Waals surface area contributed by atoms with Crippen molar-refractivity contribution in [3.63, 3.8) is 0 Å². The molecule has 0 aromatic carbocycles. The van der Waals surface area contributed by atoms with E-state index >= 15 is 0 Å². The van der Waals surface area contributed by atoms with E-state index in [0.717, 1.165) is 96.3 Å². The zero-order valence-electron chi connectivity index (χ0n) is 48.1. The van der Waals surface area contributed by atoms with E-state index in [0.29, 0.717) is 12.8 Å². The Morgan fingerprint density at radius 3 is 0.890 bits per heavy atom. The highest BCUT2D eigenvalue weighted by Gasteiger charge is 2.16. The first kappa shape index (κ1) is 69.8. The normalized spacial score (nSPS) is 12.9. The van der Waals surface area contributed by atoms with Gasteiger partial charge in [0.25, 0.3) is 0 Å². The lowest BCUT2D eigenvalue weighted by molar-refractivity contribution is -0.161. The van der Waals surface area contributed by atoms with Crippen LogP contribution in [-0.4, -0.2) is 36.4 Å². The molecule has 0 heterocycles. The summed E-state index contributed by atoms with van der Waals surface area (Å²) in [7, 11) is 0. The number of allylic oxidation sites excluding steroid dienone is 16. The van der Waals surface area contributed by atoms with Crippen molar-refractivity contribution < 1.29 is 24.2 Å². The van der Waals surface area contributed by atoms with Crippen LogP contribution in [0.25, 0.3) is 0 Å². The quantitative estimate of drug-likeness (QED) is 0.0373. The van der Waals surface area contributed by atoms with Crippen LogP contribution in [0.1, 0.15) is 303 Å². The number of hydrogen-bond donors (Lipinski definition) is 1. The van der Waals surface area contributed by atoms with Crippen LogP contribution in [0, 0.1) is 0 Å². The molecular formula is C68H118O5. The lowest BCUT2D eigenvalue weighted by atomic mass is 10.0. The first-order valence-corrected chi connectivity index (χ1v) is 31.3. The summed E-state index contributed by atoms with van der Waals surface area (Å²) in [5.41, 5.74) is 0. The molecule has 0 aromatic rings. The van der Waals surface area contributed by atoms with Crippen molar-refractivity contribution in [1.29, 1.82) is 0 Å². The van der Waals surface area contributed by atoms with Crippen LogP contribution in [0.4, 0.5) is 0 Å². The highest BCUT2D eigenvalue weighted by Crippen LogP contribution is 2.17. The van der Waals surface area contributed by atoms with Crippen molar-refractivity contribution >= 4 is 11.9 Å². The van der Waals surface area contributed by atoms with Crippen LogP contribution < -0.4 is 0 Å². The molecule has 0 saturated carbocycles. The van der Waals surface area contributed by atoms with Crippen LogP contribution >= 0.6 is 0 Å². The highest BCUT2D eigenvalue weighted by molar-refractivity contribution is 5.70. The van der Waals surface area contributed by atoms with Gasteiger partial charge in [-0.2, -0.15) is 0 Å². The minimum absolute atomic E-state index is 0.0703. The number of aliphatic hydroxyl groups is 1. The Bertz CT molecular complexity index is 1380. The molecule has 0 aliphatic rings. The lowest BCUT2D eigenvalue weighted by Crippen LogP contribution is -2.28. The molecule has 0 spiro atoms. The molecule has 1 unspecified atom stereocenters. The predicted octanol–water partition coefficient (Wildman–Crippen LogP) is 21.5. The number of carbonyl (C=O) groups excluding carboxylic acids is 2. The predicted molar refractivity (Wildman–Crippen MR) is 320 cm³/mol. The Morgan fingerprint density at radius 1 is 0.329 bits per heavy atom. The van der Waals surface area contributed by atoms with E-state index in [9.17, 15) is 14.7 Å². The summed E-state index contributed by atoms with van der Waals surface area (Å²) in [5.74, 6) is -0.592. The molecule has 0 aliphatic carbocycles. The Morgan fingerprint density at radius 2 is 0.589 bits per heavy atom. The number of unbranched alkanes of at least 4 members (excludes halogenated alkanes) is 33. The minimum atomic E-state index is -0.782. The Labute approximate surface area is 453 Å². The SMILES string of the molecule is CC/C=C\C/C=C\C/C=C\C/C=C\C/C=C\C/C=C\C/C=C\C/C=C\CCCCCCCCCCC(=O)OC(CO)COC(=O)CCCCCCCCCCCCCCCCCCCCCCCCCCCC. The summed E-state index contributed by atoms with van der Waals surface area (Å²) in [5, 5.41) is 9.68. The van der Waals surface area contributed by atoms with Crippen molar-refractivity contribution in [2.45, 2.75) is 309 Å². The molecule has 1 N–H and O–H groups in total.